The van der Waals surface area contributed by atoms with Gasteiger partial charge in [-0.15, -0.1) is 0 Å². The molecule has 0 atom stereocenters. The van der Waals surface area contributed by atoms with E-state index in [4.69, 9.17) is 11.0 Å². The van der Waals surface area contributed by atoms with Gasteiger partial charge in [-0.1, -0.05) is 0 Å². The number of sulfone groups is 1. The molecule has 0 aromatic heterocycles. The lowest BCUT2D eigenvalue weighted by atomic mass is 10.1. The highest BCUT2D eigenvalue weighted by Gasteiger charge is 2.47. The third-order valence-corrected chi connectivity index (χ3v) is 5.24. The molecule has 102 valence electrons. The number of nitriles is 1. The van der Waals surface area contributed by atoms with Crippen molar-refractivity contribution in [2.45, 2.75) is 24.2 Å². The van der Waals surface area contributed by atoms with Crippen LogP contribution in [-0.2, 0) is 9.84 Å². The van der Waals surface area contributed by atoms with E-state index >= 15 is 0 Å². The minimum Gasteiger partial charge on any atom is -0.399 e. The summed E-state index contributed by atoms with van der Waals surface area (Å²) in [5, 5.41) is 8.65. The van der Waals surface area contributed by atoms with Crippen LogP contribution < -0.4 is 5.73 Å². The van der Waals surface area contributed by atoms with E-state index in [1.165, 1.54) is 0 Å². The van der Waals surface area contributed by atoms with Crippen molar-refractivity contribution in [3.63, 3.8) is 0 Å². The molecule has 19 heavy (non-hydrogen) atoms. The van der Waals surface area contributed by atoms with Gasteiger partial charge in [-0.05, 0) is 30.4 Å². The molecule has 1 saturated carbocycles. The van der Waals surface area contributed by atoms with Gasteiger partial charge in [0.25, 0.3) is 0 Å². The lowest BCUT2D eigenvalue weighted by Gasteiger charge is -2.13. The Kier molecular flexibility index (Phi) is 3.22. The molecular weight excluding hydrogens is 274 g/mol. The fraction of sp³-hybridized carbons (Fsp3) is 0.417. The maximum atomic E-state index is 13.6. The molecule has 4 nitrogen and oxygen atoms in total. The first-order valence-electron chi connectivity index (χ1n) is 5.64. The molecule has 2 N–H and O–H groups in total. The Hall–Kier alpha value is -1.68. The topological polar surface area (TPSA) is 84.0 Å². The minimum absolute atomic E-state index is 0.0738. The molecular formula is C12H12F2N2O2S. The molecule has 0 amide bonds. The van der Waals surface area contributed by atoms with Crippen LogP contribution in [0.25, 0.3) is 0 Å². The summed E-state index contributed by atoms with van der Waals surface area (Å²) in [5.41, 5.74) is 4.42. The Morgan fingerprint density at radius 3 is 2.26 bits per heavy atom. The Balaban J connectivity index is 2.39. The number of hydrogen-bond acceptors (Lipinski definition) is 4. The van der Waals surface area contributed by atoms with Gasteiger partial charge in [0.1, 0.15) is 16.5 Å². The molecule has 1 aliphatic rings. The van der Waals surface area contributed by atoms with Crippen LogP contribution >= 0.6 is 0 Å². The lowest BCUT2D eigenvalue weighted by molar-refractivity contribution is 0.507. The second-order valence-corrected chi connectivity index (χ2v) is 6.83. The van der Waals surface area contributed by atoms with Gasteiger partial charge in [0.2, 0.25) is 0 Å². The number of benzene rings is 1. The van der Waals surface area contributed by atoms with Crippen molar-refractivity contribution in [1.29, 1.82) is 5.26 Å². The van der Waals surface area contributed by atoms with Crippen LogP contribution in [0.3, 0.4) is 0 Å². The van der Waals surface area contributed by atoms with Crippen LogP contribution in [0.4, 0.5) is 14.5 Å². The van der Waals surface area contributed by atoms with E-state index < -0.39 is 37.5 Å². The van der Waals surface area contributed by atoms with Gasteiger partial charge < -0.3 is 5.73 Å². The zero-order chi connectivity index (χ0) is 14.3. The van der Waals surface area contributed by atoms with E-state index in [1.54, 1.807) is 0 Å². The normalized spacial score (nSPS) is 16.9. The number of hydrogen-bond donors (Lipinski definition) is 1. The number of nitrogen functional groups attached to an aromatic ring is 1. The highest BCUT2D eigenvalue weighted by Crippen LogP contribution is 2.50. The van der Waals surface area contributed by atoms with E-state index in [0.717, 1.165) is 12.1 Å². The molecule has 2 rings (SSSR count). The summed E-state index contributed by atoms with van der Waals surface area (Å²) >= 11 is 0. The van der Waals surface area contributed by atoms with Crippen LogP contribution in [0, 0.1) is 28.4 Å². The molecule has 0 heterocycles. The summed E-state index contributed by atoms with van der Waals surface area (Å²) in [6.07, 6.45) is 1.24. The molecule has 1 fully saturated rings. The fourth-order valence-corrected chi connectivity index (χ4v) is 4.12. The van der Waals surface area contributed by atoms with Crippen molar-refractivity contribution in [2.24, 2.45) is 5.41 Å². The first-order valence-corrected chi connectivity index (χ1v) is 7.29. The number of rotatable bonds is 4. The lowest BCUT2D eigenvalue weighted by Crippen LogP contribution is -2.19. The number of halogens is 2. The number of anilines is 1. The molecule has 0 bridgehead atoms. The fourth-order valence-electron chi connectivity index (χ4n) is 2.07. The Morgan fingerprint density at radius 2 is 1.84 bits per heavy atom. The van der Waals surface area contributed by atoms with Crippen LogP contribution in [0.15, 0.2) is 17.0 Å². The van der Waals surface area contributed by atoms with Gasteiger partial charge in [0.05, 0.1) is 11.8 Å². The van der Waals surface area contributed by atoms with E-state index in [0.29, 0.717) is 12.8 Å². The first kappa shape index (κ1) is 13.7. The highest BCUT2D eigenvalue weighted by atomic mass is 32.2. The third kappa shape index (κ3) is 2.68. The molecule has 1 aliphatic carbocycles. The molecule has 7 heteroatoms. The van der Waals surface area contributed by atoms with Gasteiger partial charge in [0, 0.05) is 12.1 Å². The summed E-state index contributed by atoms with van der Waals surface area (Å²) in [6, 6.07) is 3.47. The van der Waals surface area contributed by atoms with Crippen molar-refractivity contribution in [1.82, 2.24) is 0 Å². The maximum Gasteiger partial charge on any atom is 0.184 e. The first-order chi connectivity index (χ1) is 8.80. The Bertz CT molecular complexity index is 638. The van der Waals surface area contributed by atoms with E-state index in [9.17, 15) is 17.2 Å². The number of nitrogens with zero attached hydrogens (tertiary/aromatic N) is 1. The van der Waals surface area contributed by atoms with Crippen molar-refractivity contribution >= 4 is 15.5 Å². The molecule has 0 saturated heterocycles. The van der Waals surface area contributed by atoms with Gasteiger partial charge in [0.15, 0.2) is 9.84 Å². The van der Waals surface area contributed by atoms with Crippen LogP contribution in [0.2, 0.25) is 0 Å². The Labute approximate surface area is 109 Å². The summed E-state index contributed by atoms with van der Waals surface area (Å²) in [5.74, 6) is -2.79. The monoisotopic (exact) mass is 286 g/mol. The second kappa shape index (κ2) is 4.46. The smallest absolute Gasteiger partial charge is 0.184 e. The largest absolute Gasteiger partial charge is 0.399 e. The van der Waals surface area contributed by atoms with Gasteiger partial charge in [-0.25, -0.2) is 17.2 Å². The SMILES string of the molecule is N#CCC1(CS(=O)(=O)c2c(F)cc(N)cc2F)CC1. The van der Waals surface area contributed by atoms with E-state index in [2.05, 4.69) is 0 Å². The maximum absolute atomic E-state index is 13.6. The average Bonchev–Trinajstić information content (AvgIpc) is 2.94. The van der Waals surface area contributed by atoms with Crippen molar-refractivity contribution < 1.29 is 17.2 Å². The Morgan fingerprint density at radius 1 is 1.32 bits per heavy atom. The van der Waals surface area contributed by atoms with Crippen LogP contribution in [-0.4, -0.2) is 14.2 Å². The van der Waals surface area contributed by atoms with E-state index in [-0.39, 0.29) is 12.1 Å². The van der Waals surface area contributed by atoms with Crippen molar-refractivity contribution in [2.75, 3.05) is 11.5 Å². The minimum atomic E-state index is -4.11. The van der Waals surface area contributed by atoms with Crippen LogP contribution in [0.5, 0.6) is 0 Å². The second-order valence-electron chi connectivity index (χ2n) is 4.91. The third-order valence-electron chi connectivity index (χ3n) is 3.24. The van der Waals surface area contributed by atoms with Gasteiger partial charge >= 0.3 is 0 Å². The molecule has 1 aromatic carbocycles. The zero-order valence-electron chi connectivity index (χ0n) is 9.99. The predicted molar refractivity (Wildman–Crippen MR) is 64.7 cm³/mol. The highest BCUT2D eigenvalue weighted by molar-refractivity contribution is 7.91. The van der Waals surface area contributed by atoms with Crippen molar-refractivity contribution in [3.05, 3.63) is 23.8 Å². The molecule has 0 aliphatic heterocycles. The average molecular weight is 286 g/mol. The number of nitrogens with two attached hydrogens (primary N) is 1. The summed E-state index contributed by atoms with van der Waals surface area (Å²) in [4.78, 5) is -0.953. The molecule has 0 unspecified atom stereocenters. The predicted octanol–water partition coefficient (Wildman–Crippen LogP) is 2.01. The standard InChI is InChI=1S/C12H12F2N2O2S/c13-9-5-8(16)6-10(14)11(9)19(17,18)7-12(1-2-12)3-4-15/h5-6H,1-3,7,16H2. The zero-order valence-corrected chi connectivity index (χ0v) is 10.8. The van der Waals surface area contributed by atoms with Crippen LogP contribution in [0.1, 0.15) is 19.3 Å². The summed E-state index contributed by atoms with van der Waals surface area (Å²) in [7, 11) is -4.11. The summed E-state index contributed by atoms with van der Waals surface area (Å²) in [6.45, 7) is 0. The molecule has 1 aromatic rings. The molecule has 0 spiro atoms. The summed E-state index contributed by atoms with van der Waals surface area (Å²) < 4.78 is 51.4. The quantitative estimate of drug-likeness (QED) is 0.858. The van der Waals surface area contributed by atoms with Crippen molar-refractivity contribution in [3.8, 4) is 6.07 Å². The van der Waals surface area contributed by atoms with Gasteiger partial charge in [-0.3, -0.25) is 0 Å². The van der Waals surface area contributed by atoms with Gasteiger partial charge in [-0.2, -0.15) is 5.26 Å². The molecule has 0 radical (unpaired) electrons. The van der Waals surface area contributed by atoms with E-state index in [1.807, 2.05) is 6.07 Å².